The predicted octanol–water partition coefficient (Wildman–Crippen LogP) is -1.11. The number of fused-ring (bicyclic) bond motifs is 1. The smallest absolute Gasteiger partial charge is 0.260 e. The predicted molar refractivity (Wildman–Crippen MR) is 144 cm³/mol. The van der Waals surface area contributed by atoms with Crippen LogP contribution in [0.3, 0.4) is 0 Å². The number of sulfonamides is 1. The lowest BCUT2D eigenvalue weighted by Crippen LogP contribution is -2.69. The molecule has 3 atom stereocenters. The quantitative estimate of drug-likeness (QED) is 0.456. The summed E-state index contributed by atoms with van der Waals surface area (Å²) in [7, 11) is 32.3. The van der Waals surface area contributed by atoms with E-state index in [0.717, 1.165) is 22.8 Å². The van der Waals surface area contributed by atoms with E-state index >= 15 is 4.39 Å². The number of aliphatic hydroxyl groups is 1. The molecule has 1 saturated carbocycles. The van der Waals surface area contributed by atoms with Crippen molar-refractivity contribution in [3.63, 3.8) is 0 Å². The number of aliphatic hydroxyl groups excluding tert-OH is 1. The molecule has 2 aliphatic rings. The van der Waals surface area contributed by atoms with E-state index in [2.05, 4.69) is 15.3 Å². The van der Waals surface area contributed by atoms with Gasteiger partial charge in [-0.25, -0.2) is 30.9 Å². The first-order valence-corrected chi connectivity index (χ1v) is 13.6. The van der Waals surface area contributed by atoms with Crippen LogP contribution in [0.2, 0.25) is 10.4 Å². The van der Waals surface area contributed by atoms with Gasteiger partial charge in [-0.15, -0.1) is 0 Å². The highest BCUT2D eigenvalue weighted by molar-refractivity contribution is 7.88. The first-order valence-electron chi connectivity index (χ1n) is 11.8. The highest BCUT2D eigenvalue weighted by atomic mass is 32.2. The molecule has 12 radical (unpaired) electrons. The van der Waals surface area contributed by atoms with Crippen molar-refractivity contribution in [2.45, 2.75) is 59.3 Å². The number of halogens is 3. The minimum atomic E-state index is -4.07. The van der Waals surface area contributed by atoms with Crippen LogP contribution in [0.5, 0.6) is 0 Å². The highest BCUT2D eigenvalue weighted by Gasteiger charge is 2.55. The largest absolute Gasteiger partial charge is 0.393 e. The third kappa shape index (κ3) is 5.30. The van der Waals surface area contributed by atoms with E-state index in [-0.39, 0.29) is 36.2 Å². The Balaban J connectivity index is 1.87. The fraction of sp³-hybridized carbons (Fsp3) is 0.650. The molecule has 2 fully saturated rings. The number of piperidine rings is 1. The summed E-state index contributed by atoms with van der Waals surface area (Å²) in [6.45, 7) is -1.02. The normalized spacial score (nSPS) is 27.3. The molecule has 2 aromatic rings. The number of aromatic nitrogens is 3. The Kier molecular flexibility index (Phi) is 7.42. The molecule has 1 saturated heterocycles. The fourth-order valence-electron chi connectivity index (χ4n) is 5.05. The summed E-state index contributed by atoms with van der Waals surface area (Å²) in [4.78, 5) is 21.4. The maximum absolute atomic E-state index is 15.0. The molecule has 39 heavy (non-hydrogen) atoms. The molecular weight excluding hydrogens is 528 g/mol. The van der Waals surface area contributed by atoms with E-state index < -0.39 is 74.2 Å². The Bertz CT molecular complexity index is 1440. The van der Waals surface area contributed by atoms with Gasteiger partial charge in [0.2, 0.25) is 21.8 Å². The number of nitrogens with zero attached hydrogens (tertiary/aromatic N) is 4. The van der Waals surface area contributed by atoms with Crippen LogP contribution < -0.4 is 10.9 Å². The second-order valence-electron chi connectivity index (χ2n) is 10.4. The minimum Gasteiger partial charge on any atom is -0.393 e. The zero-order chi connectivity index (χ0) is 29.3. The summed E-state index contributed by atoms with van der Waals surface area (Å²) in [6, 6.07) is -0.579. The second kappa shape index (κ2) is 9.61. The van der Waals surface area contributed by atoms with Crippen LogP contribution >= 0.6 is 0 Å². The molecule has 0 spiro atoms. The van der Waals surface area contributed by atoms with Crippen LogP contribution in [0, 0.1) is 0 Å². The van der Waals surface area contributed by atoms with Gasteiger partial charge < -0.3 is 10.4 Å². The molecule has 4 rings (SSSR count). The van der Waals surface area contributed by atoms with Crippen LogP contribution in [0.4, 0.5) is 19.1 Å². The number of alkyl halides is 3. The summed E-state index contributed by atoms with van der Waals surface area (Å²) in [5, 5.41) is 8.42. The van der Waals surface area contributed by atoms with Gasteiger partial charge in [0, 0.05) is 24.7 Å². The third-order valence-electron chi connectivity index (χ3n) is 7.29. The van der Waals surface area contributed by atoms with Gasteiger partial charge in [0.05, 0.1) is 55.4 Å². The van der Waals surface area contributed by atoms with Crippen molar-refractivity contribution in [1.29, 1.82) is 0 Å². The molecule has 0 bridgehead atoms. The second-order valence-corrected chi connectivity index (χ2v) is 12.4. The fourth-order valence-corrected chi connectivity index (χ4v) is 5.94. The molecule has 3 heterocycles. The molecular formula is C20H20B6F3N5O4S. The lowest BCUT2D eigenvalue weighted by Gasteiger charge is -2.62. The zero-order valence-corrected chi connectivity index (χ0v) is 21.7. The topological polar surface area (TPSA) is 117 Å². The van der Waals surface area contributed by atoms with Crippen molar-refractivity contribution in [3.05, 3.63) is 28.2 Å². The number of rotatable bonds is 5. The molecule has 0 amide bonds. The monoisotopic (exact) mass is 549 g/mol. The minimum absolute atomic E-state index is 0.107. The summed E-state index contributed by atoms with van der Waals surface area (Å²) >= 11 is 0. The molecule has 9 nitrogen and oxygen atoms in total. The van der Waals surface area contributed by atoms with Crippen LogP contribution in [0.25, 0.3) is 11.0 Å². The lowest BCUT2D eigenvalue weighted by molar-refractivity contribution is 0.0539. The van der Waals surface area contributed by atoms with Gasteiger partial charge in [-0.3, -0.25) is 9.36 Å². The number of hydrogen-bond donors (Lipinski definition) is 2. The zero-order valence-electron chi connectivity index (χ0n) is 20.9. The van der Waals surface area contributed by atoms with E-state index in [1.54, 1.807) is 0 Å². The molecule has 19 heteroatoms. The molecule has 2 aromatic heterocycles. The number of pyridine rings is 1. The van der Waals surface area contributed by atoms with E-state index in [0.29, 0.717) is 4.57 Å². The van der Waals surface area contributed by atoms with E-state index in [1.165, 1.54) is 0 Å². The van der Waals surface area contributed by atoms with Gasteiger partial charge in [0.15, 0.2) is 7.85 Å². The van der Waals surface area contributed by atoms with E-state index in [9.17, 15) is 27.1 Å². The van der Waals surface area contributed by atoms with Gasteiger partial charge >= 0.3 is 0 Å². The van der Waals surface area contributed by atoms with Crippen molar-refractivity contribution >= 4 is 74.1 Å². The Morgan fingerprint density at radius 1 is 1.15 bits per heavy atom. The number of nitrogens with one attached hydrogen (secondary N) is 1. The van der Waals surface area contributed by atoms with Crippen molar-refractivity contribution in [1.82, 2.24) is 18.8 Å². The van der Waals surface area contributed by atoms with Crippen LogP contribution in [0.1, 0.15) is 30.9 Å². The van der Waals surface area contributed by atoms with Crippen molar-refractivity contribution < 1.29 is 26.7 Å². The molecule has 1 aliphatic heterocycles. The number of anilines is 1. The Labute approximate surface area is 231 Å². The molecule has 0 aromatic carbocycles. The summed E-state index contributed by atoms with van der Waals surface area (Å²) in [6.07, 6.45) is -1.000. The SMILES string of the molecule is [B]C(F)(F)c1cc2cnc(NC3([B])C([B])([B])CN(S(C)(=O)=O)CC3([B])[B])nc2n([C@H]2C[C@H](O)CC[C@@H]2F)c1=O. The van der Waals surface area contributed by atoms with Gasteiger partial charge in [-0.05, 0) is 30.8 Å². The average Bonchev–Trinajstić information content (AvgIpc) is 2.77. The van der Waals surface area contributed by atoms with Gasteiger partial charge in [-0.2, -0.15) is 4.98 Å². The Hall–Kier alpha value is -1.86. The number of hydrogen-bond acceptors (Lipinski definition) is 7. The van der Waals surface area contributed by atoms with E-state index in [4.69, 9.17) is 47.1 Å². The highest BCUT2D eigenvalue weighted by Crippen LogP contribution is 2.51. The van der Waals surface area contributed by atoms with Gasteiger partial charge in [0.25, 0.3) is 5.56 Å². The average molecular weight is 548 g/mol. The Morgan fingerprint density at radius 2 is 1.74 bits per heavy atom. The summed E-state index contributed by atoms with van der Waals surface area (Å²) in [5.41, 5.74) is -4.90. The van der Waals surface area contributed by atoms with Gasteiger partial charge in [0.1, 0.15) is 19.7 Å². The maximum Gasteiger partial charge on any atom is 0.260 e. The summed E-state index contributed by atoms with van der Waals surface area (Å²) < 4.78 is 69.1. The van der Waals surface area contributed by atoms with Crippen molar-refractivity contribution in [3.8, 4) is 0 Å². The summed E-state index contributed by atoms with van der Waals surface area (Å²) in [5.74, 6) is -4.46. The van der Waals surface area contributed by atoms with Crippen LogP contribution in [0.15, 0.2) is 17.1 Å². The van der Waals surface area contributed by atoms with Crippen molar-refractivity contribution in [2.75, 3.05) is 24.7 Å². The third-order valence-corrected chi connectivity index (χ3v) is 8.49. The maximum atomic E-state index is 15.0. The van der Waals surface area contributed by atoms with Gasteiger partial charge in [-0.1, -0.05) is 10.4 Å². The standard InChI is InChI=1S/C20H20B6F3N5O4S/c1-39(37,38)33-7-17(21,22)20(26,18(23,24)8-33)32-16-30-6-9-4-11(19(25,28)29)15(36)34(14(9)31-16)13-5-10(35)2-3-12(13)27/h4,6,10,12-13,35H,2-3,5,7-8H2,1H3,(H,30,31,32)/t10-,12+,13+/m1/s1. The lowest BCUT2D eigenvalue weighted by atomic mass is 9.25. The van der Waals surface area contributed by atoms with Crippen molar-refractivity contribution in [2.24, 2.45) is 0 Å². The van der Waals surface area contributed by atoms with E-state index in [1.807, 2.05) is 0 Å². The Morgan fingerprint density at radius 3 is 2.28 bits per heavy atom. The van der Waals surface area contributed by atoms with Crippen LogP contribution in [-0.4, -0.2) is 117 Å². The molecule has 1 aliphatic carbocycles. The first-order chi connectivity index (χ1) is 17.7. The molecule has 2 N–H and O–H groups in total. The molecule has 194 valence electrons. The molecule has 0 unspecified atom stereocenters. The van der Waals surface area contributed by atoms with Crippen LogP contribution in [-0.2, 0) is 15.8 Å². The first kappa shape index (κ1) is 30.1.